The molecule has 1 aromatic carbocycles. The Hall–Kier alpha value is -2.47. The minimum Gasteiger partial charge on any atom is -0.476 e. The number of rotatable bonds is 6. The number of carboxylic acids is 1. The molecule has 132 valence electrons. The van der Waals surface area contributed by atoms with E-state index in [1.807, 2.05) is 6.07 Å². The fourth-order valence-electron chi connectivity index (χ4n) is 3.06. The van der Waals surface area contributed by atoms with Crippen molar-refractivity contribution in [2.45, 2.75) is 32.9 Å². The highest BCUT2D eigenvalue weighted by atomic mass is 16.4. The van der Waals surface area contributed by atoms with Gasteiger partial charge in [0.05, 0.1) is 12.4 Å². The lowest BCUT2D eigenvalue weighted by atomic mass is 9.98. The quantitative estimate of drug-likeness (QED) is 0.841. The zero-order chi connectivity index (χ0) is 17.6. The van der Waals surface area contributed by atoms with Crippen molar-refractivity contribution in [3.05, 3.63) is 53.5 Å². The topological polar surface area (TPSA) is 78.4 Å². The number of hydrogen-bond acceptors (Lipinski definition) is 5. The van der Waals surface area contributed by atoms with Gasteiger partial charge in [0, 0.05) is 13.1 Å². The van der Waals surface area contributed by atoms with Gasteiger partial charge in [-0.3, -0.25) is 4.90 Å². The Bertz CT molecular complexity index is 710. The molecule has 1 aliphatic heterocycles. The van der Waals surface area contributed by atoms with Crippen LogP contribution in [-0.2, 0) is 13.1 Å². The summed E-state index contributed by atoms with van der Waals surface area (Å²) in [6.45, 7) is 6.25. The molecule has 0 aliphatic carbocycles. The van der Waals surface area contributed by atoms with E-state index in [9.17, 15) is 4.79 Å². The van der Waals surface area contributed by atoms with E-state index in [2.05, 4.69) is 45.3 Å². The van der Waals surface area contributed by atoms with Gasteiger partial charge < -0.3 is 10.4 Å². The van der Waals surface area contributed by atoms with Crippen molar-refractivity contribution in [1.82, 2.24) is 14.9 Å². The smallest absolute Gasteiger partial charge is 0.356 e. The van der Waals surface area contributed by atoms with Crippen LogP contribution in [0.5, 0.6) is 0 Å². The Labute approximate surface area is 147 Å². The van der Waals surface area contributed by atoms with Crippen molar-refractivity contribution in [3.8, 4) is 0 Å². The normalized spacial score (nSPS) is 15.9. The Morgan fingerprint density at radius 2 is 1.92 bits per heavy atom. The molecule has 2 heterocycles. The van der Waals surface area contributed by atoms with Gasteiger partial charge in [0.1, 0.15) is 5.82 Å². The lowest BCUT2D eigenvalue weighted by Gasteiger charge is -2.30. The Balaban J connectivity index is 1.61. The first-order valence-electron chi connectivity index (χ1n) is 8.70. The minimum absolute atomic E-state index is 0.0507. The number of nitrogens with zero attached hydrogens (tertiary/aromatic N) is 3. The van der Waals surface area contributed by atoms with Gasteiger partial charge >= 0.3 is 5.97 Å². The number of benzene rings is 1. The summed E-state index contributed by atoms with van der Waals surface area (Å²) < 4.78 is 0. The molecule has 0 bridgehead atoms. The molecule has 6 heteroatoms. The van der Waals surface area contributed by atoms with Gasteiger partial charge in [0.15, 0.2) is 5.69 Å². The van der Waals surface area contributed by atoms with Crippen LogP contribution in [0.2, 0.25) is 0 Å². The molecule has 2 N–H and O–H groups in total. The third-order valence-electron chi connectivity index (χ3n) is 4.72. The van der Waals surface area contributed by atoms with Crippen molar-refractivity contribution in [3.63, 3.8) is 0 Å². The summed E-state index contributed by atoms with van der Waals surface area (Å²) in [4.78, 5) is 21.3. The predicted octanol–water partition coefficient (Wildman–Crippen LogP) is 3.02. The monoisotopic (exact) mass is 340 g/mol. The molecule has 3 rings (SSSR count). The summed E-state index contributed by atoms with van der Waals surface area (Å²) in [5, 5.41) is 12.1. The molecule has 0 unspecified atom stereocenters. The van der Waals surface area contributed by atoms with Crippen LogP contribution in [0, 0.1) is 5.92 Å². The van der Waals surface area contributed by atoms with E-state index in [0.29, 0.717) is 12.4 Å². The molecule has 1 aromatic heterocycles. The summed E-state index contributed by atoms with van der Waals surface area (Å²) >= 11 is 0. The van der Waals surface area contributed by atoms with Crippen molar-refractivity contribution in [1.29, 1.82) is 0 Å². The van der Waals surface area contributed by atoms with Gasteiger partial charge in [0.25, 0.3) is 0 Å². The molecule has 2 aromatic rings. The molecular formula is C19H24N4O2. The molecular weight excluding hydrogens is 316 g/mol. The van der Waals surface area contributed by atoms with Gasteiger partial charge in [0.2, 0.25) is 0 Å². The average Bonchev–Trinajstić information content (AvgIpc) is 2.63. The summed E-state index contributed by atoms with van der Waals surface area (Å²) in [5.41, 5.74) is 2.50. The van der Waals surface area contributed by atoms with Crippen LogP contribution in [0.25, 0.3) is 0 Å². The van der Waals surface area contributed by atoms with Crippen LogP contribution in [0.15, 0.2) is 36.7 Å². The Morgan fingerprint density at radius 3 is 2.56 bits per heavy atom. The second-order valence-electron chi connectivity index (χ2n) is 6.67. The van der Waals surface area contributed by atoms with Crippen LogP contribution >= 0.6 is 0 Å². The van der Waals surface area contributed by atoms with Crippen LogP contribution in [0.3, 0.4) is 0 Å². The van der Waals surface area contributed by atoms with E-state index in [4.69, 9.17) is 5.11 Å². The van der Waals surface area contributed by atoms with Gasteiger partial charge in [-0.05, 0) is 43.0 Å². The number of aromatic nitrogens is 2. The second-order valence-corrected chi connectivity index (χ2v) is 6.67. The molecule has 1 fully saturated rings. The molecule has 0 radical (unpaired) electrons. The highest BCUT2D eigenvalue weighted by Crippen LogP contribution is 2.20. The maximum Gasteiger partial charge on any atom is 0.356 e. The molecule has 0 spiro atoms. The largest absolute Gasteiger partial charge is 0.476 e. The van der Waals surface area contributed by atoms with Crippen molar-refractivity contribution in [2.75, 3.05) is 18.4 Å². The fraction of sp³-hybridized carbons (Fsp3) is 0.421. The number of piperidine rings is 1. The lowest BCUT2D eigenvalue weighted by molar-refractivity contribution is 0.0690. The van der Waals surface area contributed by atoms with Gasteiger partial charge in [-0.15, -0.1) is 0 Å². The number of nitrogens with one attached hydrogen (secondary N) is 1. The predicted molar refractivity (Wildman–Crippen MR) is 96.4 cm³/mol. The zero-order valence-corrected chi connectivity index (χ0v) is 14.5. The number of aromatic carboxylic acids is 1. The number of hydrogen-bond donors (Lipinski definition) is 2. The van der Waals surface area contributed by atoms with Crippen LogP contribution in [-0.4, -0.2) is 39.0 Å². The van der Waals surface area contributed by atoms with Gasteiger partial charge in [-0.25, -0.2) is 14.8 Å². The molecule has 25 heavy (non-hydrogen) atoms. The van der Waals surface area contributed by atoms with Gasteiger partial charge in [-0.1, -0.05) is 31.2 Å². The summed E-state index contributed by atoms with van der Waals surface area (Å²) in [6.07, 6.45) is 5.27. The second kappa shape index (κ2) is 8.07. The zero-order valence-electron chi connectivity index (χ0n) is 14.5. The standard InChI is InChI=1S/C19H24N4O2/c1-14-6-8-23(9-7-14)13-16-5-3-2-4-15(16)10-21-18-12-20-17(11-22-18)19(24)25/h2-5,11-12,14H,6-10,13H2,1H3,(H,21,22)(H,24,25). The average molecular weight is 340 g/mol. The minimum atomic E-state index is -1.07. The first-order valence-corrected chi connectivity index (χ1v) is 8.70. The van der Waals surface area contributed by atoms with Gasteiger partial charge in [-0.2, -0.15) is 0 Å². The van der Waals surface area contributed by atoms with Crippen LogP contribution in [0.1, 0.15) is 41.4 Å². The number of anilines is 1. The van der Waals surface area contributed by atoms with E-state index < -0.39 is 5.97 Å². The molecule has 0 saturated carbocycles. The summed E-state index contributed by atoms with van der Waals surface area (Å²) in [7, 11) is 0. The number of likely N-dealkylation sites (tertiary alicyclic amines) is 1. The Morgan fingerprint density at radius 1 is 1.20 bits per heavy atom. The molecule has 0 atom stereocenters. The van der Waals surface area contributed by atoms with Crippen LogP contribution in [0.4, 0.5) is 5.82 Å². The van der Waals surface area contributed by atoms with E-state index in [-0.39, 0.29) is 5.69 Å². The summed E-state index contributed by atoms with van der Waals surface area (Å²) in [5.74, 6) is 0.340. The maximum atomic E-state index is 10.8. The highest BCUT2D eigenvalue weighted by Gasteiger charge is 2.16. The molecule has 6 nitrogen and oxygen atoms in total. The lowest BCUT2D eigenvalue weighted by Crippen LogP contribution is -2.32. The van der Waals surface area contributed by atoms with E-state index >= 15 is 0 Å². The number of carbonyl (C=O) groups is 1. The summed E-state index contributed by atoms with van der Waals surface area (Å²) in [6, 6.07) is 8.41. The van der Waals surface area contributed by atoms with Crippen molar-refractivity contribution in [2.24, 2.45) is 5.92 Å². The van der Waals surface area contributed by atoms with E-state index in [1.165, 1.54) is 36.4 Å². The van der Waals surface area contributed by atoms with E-state index in [0.717, 1.165) is 25.6 Å². The Kier molecular flexibility index (Phi) is 5.60. The molecule has 1 saturated heterocycles. The van der Waals surface area contributed by atoms with Crippen LogP contribution < -0.4 is 5.32 Å². The fourth-order valence-corrected chi connectivity index (χ4v) is 3.06. The molecule has 1 aliphatic rings. The third kappa shape index (κ3) is 4.76. The van der Waals surface area contributed by atoms with Crippen molar-refractivity contribution < 1.29 is 9.90 Å². The molecule has 0 amide bonds. The van der Waals surface area contributed by atoms with E-state index in [1.54, 1.807) is 0 Å². The highest BCUT2D eigenvalue weighted by molar-refractivity contribution is 5.84. The first-order chi connectivity index (χ1) is 12.1. The first kappa shape index (κ1) is 17.4. The number of carboxylic acid groups (broad SMARTS) is 1. The maximum absolute atomic E-state index is 10.8. The third-order valence-corrected chi connectivity index (χ3v) is 4.72. The van der Waals surface area contributed by atoms with Crippen molar-refractivity contribution >= 4 is 11.8 Å². The SMILES string of the molecule is CC1CCN(Cc2ccccc2CNc2cnc(C(=O)O)cn2)CC1.